The minimum Gasteiger partial charge on any atom is -0.495 e. The largest absolute Gasteiger partial charge is 0.495 e. The van der Waals surface area contributed by atoms with Crippen molar-refractivity contribution in [3.05, 3.63) is 66.1 Å². The van der Waals surface area contributed by atoms with Gasteiger partial charge in [0.25, 0.3) is 5.91 Å². The molecule has 46 heavy (non-hydrogen) atoms. The fourth-order valence-corrected chi connectivity index (χ4v) is 7.27. The van der Waals surface area contributed by atoms with Gasteiger partial charge in [0.1, 0.15) is 17.3 Å². The van der Waals surface area contributed by atoms with Crippen molar-refractivity contribution in [2.75, 3.05) is 52.8 Å². The van der Waals surface area contributed by atoms with Gasteiger partial charge >= 0.3 is 0 Å². The summed E-state index contributed by atoms with van der Waals surface area (Å²) in [7, 11) is 7.26. The molecule has 11 heteroatoms. The van der Waals surface area contributed by atoms with Crippen molar-refractivity contribution in [2.24, 2.45) is 7.05 Å². The number of hydrogen-bond acceptors (Lipinski definition) is 8. The van der Waals surface area contributed by atoms with Crippen LogP contribution in [0.3, 0.4) is 0 Å². The number of methoxy groups -OCH3 is 2. The van der Waals surface area contributed by atoms with Crippen molar-refractivity contribution in [3.63, 3.8) is 0 Å². The van der Waals surface area contributed by atoms with Crippen LogP contribution in [0.2, 0.25) is 0 Å². The summed E-state index contributed by atoms with van der Waals surface area (Å²) in [6.07, 6.45) is 10.3. The van der Waals surface area contributed by atoms with Crippen molar-refractivity contribution < 1.29 is 14.3 Å². The molecule has 7 rings (SSSR count). The van der Waals surface area contributed by atoms with Crippen molar-refractivity contribution in [2.45, 2.75) is 44.6 Å². The lowest BCUT2D eigenvalue weighted by Crippen LogP contribution is -2.49. The van der Waals surface area contributed by atoms with Gasteiger partial charge in [0.15, 0.2) is 0 Å². The van der Waals surface area contributed by atoms with Gasteiger partial charge in [0, 0.05) is 74.6 Å². The quantitative estimate of drug-likeness (QED) is 0.267. The number of carbonyl (C=O) groups is 1. The Hall–Kier alpha value is -4.48. The smallest absolute Gasteiger partial charge is 0.272 e. The Kier molecular flexibility index (Phi) is 8.12. The zero-order valence-electron chi connectivity index (χ0n) is 27.3. The van der Waals surface area contributed by atoms with Gasteiger partial charge < -0.3 is 24.3 Å². The van der Waals surface area contributed by atoms with Crippen LogP contribution in [-0.4, -0.2) is 93.1 Å². The van der Waals surface area contributed by atoms with Crippen LogP contribution in [0.4, 0.5) is 5.69 Å². The number of nitrogens with zero attached hydrogens (tertiary/aromatic N) is 7. The molecule has 11 nitrogen and oxygen atoms in total. The predicted molar refractivity (Wildman–Crippen MR) is 179 cm³/mol. The fourth-order valence-electron chi connectivity index (χ4n) is 7.27. The first-order chi connectivity index (χ1) is 22.3. The number of aromatic nitrogens is 5. The third-order valence-electron chi connectivity index (χ3n) is 9.95. The van der Waals surface area contributed by atoms with E-state index in [0.29, 0.717) is 35.0 Å². The third-order valence-corrected chi connectivity index (χ3v) is 9.95. The SMILES string of the molecule is COc1cc2cc(C(=O)Nc3ccc(-c4nc(C5CCC(N6CCN(C)CC6)CC5)n5ccnc(C)c45)cc3OC)n(C)c2cn1. The molecule has 2 aliphatic rings. The second-order valence-electron chi connectivity index (χ2n) is 12.6. The molecule has 5 aromatic rings. The minimum atomic E-state index is -0.245. The van der Waals surface area contributed by atoms with Gasteiger partial charge in [0.05, 0.1) is 48.5 Å². The highest BCUT2D eigenvalue weighted by Gasteiger charge is 2.31. The zero-order valence-corrected chi connectivity index (χ0v) is 27.3. The average Bonchev–Trinajstić information content (AvgIpc) is 3.64. The number of likely N-dealkylation sites (N-methyl/N-ethyl adjacent to an activating group) is 1. The molecule has 1 aliphatic heterocycles. The maximum absolute atomic E-state index is 13.5. The van der Waals surface area contributed by atoms with Crippen molar-refractivity contribution in [1.82, 2.24) is 33.7 Å². The standard InChI is InChI=1S/C35H42N8O3/c1-22-33-32(39-34(43(33)13-12-36-22)23-6-9-26(10-7-23)42-16-14-40(2)15-17-42)24-8-11-27(30(19-24)45-4)38-35(44)28-18-25-20-31(46-5)37-21-29(25)41(28)3/h8,11-13,18-21,23,26H,6-7,9-10,14-17H2,1-5H3,(H,38,44). The highest BCUT2D eigenvalue weighted by atomic mass is 16.5. The van der Waals surface area contributed by atoms with Crippen LogP contribution in [0.15, 0.2) is 48.9 Å². The van der Waals surface area contributed by atoms with E-state index in [-0.39, 0.29) is 5.91 Å². The maximum atomic E-state index is 13.5. The average molecular weight is 623 g/mol. The van der Waals surface area contributed by atoms with Gasteiger partial charge in [-0.25, -0.2) is 9.97 Å². The molecule has 240 valence electrons. The molecule has 0 radical (unpaired) electrons. The van der Waals surface area contributed by atoms with E-state index in [2.05, 4.69) is 36.5 Å². The fraction of sp³-hybridized carbons (Fsp3) is 0.429. The van der Waals surface area contributed by atoms with E-state index in [9.17, 15) is 4.79 Å². The Morgan fingerprint density at radius 1 is 0.957 bits per heavy atom. The van der Waals surface area contributed by atoms with E-state index in [4.69, 9.17) is 14.5 Å². The van der Waals surface area contributed by atoms with Crippen LogP contribution in [0.5, 0.6) is 11.6 Å². The van der Waals surface area contributed by atoms with Crippen molar-refractivity contribution in [1.29, 1.82) is 0 Å². The molecule has 1 aliphatic carbocycles. The number of imidazole rings is 1. The van der Waals surface area contributed by atoms with Gasteiger partial charge in [-0.1, -0.05) is 6.07 Å². The van der Waals surface area contributed by atoms with E-state index in [1.807, 2.05) is 61.3 Å². The monoisotopic (exact) mass is 622 g/mol. The number of anilines is 1. The summed E-state index contributed by atoms with van der Waals surface area (Å²) in [5.41, 5.74) is 5.67. The lowest BCUT2D eigenvalue weighted by Gasteiger charge is -2.41. The highest BCUT2D eigenvalue weighted by molar-refractivity contribution is 6.07. The summed E-state index contributed by atoms with van der Waals surface area (Å²) >= 11 is 0. The molecule has 1 amide bonds. The van der Waals surface area contributed by atoms with Crippen LogP contribution in [0.1, 0.15) is 53.6 Å². The van der Waals surface area contributed by atoms with Gasteiger partial charge in [-0.3, -0.25) is 19.1 Å². The number of nitrogens with one attached hydrogen (secondary N) is 1. The molecule has 1 aromatic carbocycles. The van der Waals surface area contributed by atoms with Gasteiger partial charge in [0.2, 0.25) is 5.88 Å². The van der Waals surface area contributed by atoms with Crippen molar-refractivity contribution in [3.8, 4) is 22.9 Å². The molecular weight excluding hydrogens is 580 g/mol. The first-order valence-electron chi connectivity index (χ1n) is 16.1. The Bertz CT molecular complexity index is 1900. The second kappa shape index (κ2) is 12.4. The molecule has 5 heterocycles. The lowest BCUT2D eigenvalue weighted by atomic mass is 9.84. The summed E-state index contributed by atoms with van der Waals surface area (Å²) in [6.45, 7) is 6.68. The van der Waals surface area contributed by atoms with Gasteiger partial charge in [-0.15, -0.1) is 0 Å². The molecule has 0 bridgehead atoms. The molecule has 0 atom stereocenters. The molecule has 0 spiro atoms. The molecule has 2 fully saturated rings. The number of fused-ring (bicyclic) bond motifs is 2. The molecule has 4 aromatic heterocycles. The van der Waals surface area contributed by atoms with Gasteiger partial charge in [-0.2, -0.15) is 0 Å². The first-order valence-corrected chi connectivity index (χ1v) is 16.1. The van der Waals surface area contributed by atoms with Crippen LogP contribution in [0.25, 0.3) is 27.7 Å². The summed E-state index contributed by atoms with van der Waals surface area (Å²) in [5, 5.41) is 3.92. The van der Waals surface area contributed by atoms with Crippen molar-refractivity contribution >= 4 is 28.0 Å². The molecular formula is C35H42N8O3. The van der Waals surface area contributed by atoms with E-state index in [1.54, 1.807) is 20.4 Å². The second-order valence-corrected chi connectivity index (χ2v) is 12.6. The zero-order chi connectivity index (χ0) is 31.9. The number of aryl methyl sites for hydroxylation is 2. The van der Waals surface area contributed by atoms with Crippen LogP contribution in [0, 0.1) is 6.92 Å². The topological polar surface area (TPSA) is 102 Å². The Balaban J connectivity index is 1.15. The Morgan fingerprint density at radius 2 is 1.74 bits per heavy atom. The normalized spacial score (nSPS) is 19.5. The number of carbonyl (C=O) groups excluding carboxylic acids is 1. The number of piperazine rings is 1. The Labute approximate surface area is 269 Å². The number of rotatable bonds is 7. The summed E-state index contributed by atoms with van der Waals surface area (Å²) in [6, 6.07) is 10.2. The first kappa shape index (κ1) is 30.2. The third kappa shape index (κ3) is 5.47. The highest BCUT2D eigenvalue weighted by Crippen LogP contribution is 2.39. The van der Waals surface area contributed by atoms with E-state index < -0.39 is 0 Å². The predicted octanol–water partition coefficient (Wildman–Crippen LogP) is 5.13. The number of benzene rings is 1. The summed E-state index contributed by atoms with van der Waals surface area (Å²) in [5.74, 6) is 2.31. The number of ether oxygens (including phenoxy) is 2. The van der Waals surface area contributed by atoms with Crippen LogP contribution >= 0.6 is 0 Å². The number of amides is 1. The molecule has 1 N–H and O–H groups in total. The summed E-state index contributed by atoms with van der Waals surface area (Å²) in [4.78, 5) is 32.8. The Morgan fingerprint density at radius 3 is 2.48 bits per heavy atom. The van der Waals surface area contributed by atoms with E-state index >= 15 is 0 Å². The minimum absolute atomic E-state index is 0.245. The lowest BCUT2D eigenvalue weighted by molar-refractivity contribution is 0.0872. The number of pyridine rings is 1. The van der Waals surface area contributed by atoms with Gasteiger partial charge in [-0.05, 0) is 57.9 Å². The molecule has 0 unspecified atom stereocenters. The van der Waals surface area contributed by atoms with Crippen LogP contribution < -0.4 is 14.8 Å². The molecule has 1 saturated heterocycles. The maximum Gasteiger partial charge on any atom is 0.272 e. The van der Waals surface area contributed by atoms with E-state index in [1.165, 1.54) is 25.9 Å². The summed E-state index contributed by atoms with van der Waals surface area (Å²) < 4.78 is 15.1. The van der Waals surface area contributed by atoms with Crippen LogP contribution in [-0.2, 0) is 7.05 Å². The van der Waals surface area contributed by atoms with E-state index in [0.717, 1.165) is 65.1 Å². The number of hydrogen-bond donors (Lipinski definition) is 1. The molecule has 1 saturated carbocycles.